The van der Waals surface area contributed by atoms with Gasteiger partial charge in [-0.1, -0.05) is 66.7 Å². The van der Waals surface area contributed by atoms with E-state index in [0.717, 1.165) is 33.2 Å². The van der Waals surface area contributed by atoms with Gasteiger partial charge in [-0.25, -0.2) is 4.79 Å². The number of hydrogen-bond acceptors (Lipinski definition) is 2. The molecule has 4 aromatic rings. The first-order chi connectivity index (χ1) is 14.5. The highest BCUT2D eigenvalue weighted by Gasteiger charge is 2.16. The van der Waals surface area contributed by atoms with Gasteiger partial charge in [-0.15, -0.1) is 0 Å². The summed E-state index contributed by atoms with van der Waals surface area (Å²) in [4.78, 5) is 28.2. The van der Waals surface area contributed by atoms with Crippen LogP contribution in [0.1, 0.15) is 16.7 Å². The fraction of sp³-hybridized carbons (Fsp3) is 0.120. The molecule has 0 saturated carbocycles. The molecule has 0 aliphatic rings. The number of carbonyl (C=O) groups excluding carboxylic acids is 1. The van der Waals surface area contributed by atoms with Crippen LogP contribution in [0.4, 0.5) is 10.6 Å². The third kappa shape index (κ3) is 3.96. The number of nitrogens with one attached hydrogen (secondary N) is 3. The molecule has 0 unspecified atom stereocenters. The van der Waals surface area contributed by atoms with Crippen LogP contribution in [0.25, 0.3) is 21.9 Å². The second kappa shape index (κ2) is 8.25. The van der Waals surface area contributed by atoms with Crippen LogP contribution in [-0.4, -0.2) is 11.0 Å². The number of aromatic nitrogens is 1. The van der Waals surface area contributed by atoms with E-state index in [-0.39, 0.29) is 11.6 Å². The molecule has 0 bridgehead atoms. The Morgan fingerprint density at radius 2 is 1.47 bits per heavy atom. The number of benzene rings is 3. The number of carbonyl (C=O) groups is 1. The average Bonchev–Trinajstić information content (AvgIpc) is 2.75. The van der Waals surface area contributed by atoms with Gasteiger partial charge in [-0.05, 0) is 47.6 Å². The Bertz CT molecular complexity index is 1260. The number of aromatic amines is 1. The first-order valence-electron chi connectivity index (χ1n) is 9.84. The van der Waals surface area contributed by atoms with Crippen LogP contribution in [0.3, 0.4) is 0 Å². The van der Waals surface area contributed by atoms with Crippen LogP contribution in [-0.2, 0) is 6.54 Å². The predicted octanol–water partition coefficient (Wildman–Crippen LogP) is 5.13. The summed E-state index contributed by atoms with van der Waals surface area (Å²) in [6.45, 7) is 4.40. The summed E-state index contributed by atoms with van der Waals surface area (Å²) in [6, 6.07) is 22.9. The molecule has 4 rings (SSSR count). The molecule has 0 aliphatic carbocycles. The van der Waals surface area contributed by atoms with E-state index in [4.69, 9.17) is 0 Å². The maximum absolute atomic E-state index is 12.8. The number of fused-ring (bicyclic) bond motifs is 1. The fourth-order valence-corrected chi connectivity index (χ4v) is 3.52. The second-order valence-electron chi connectivity index (χ2n) is 7.35. The van der Waals surface area contributed by atoms with Crippen LogP contribution >= 0.6 is 0 Å². The normalized spacial score (nSPS) is 10.7. The zero-order chi connectivity index (χ0) is 21.1. The number of urea groups is 1. The lowest BCUT2D eigenvalue weighted by Gasteiger charge is -2.16. The third-order valence-electron chi connectivity index (χ3n) is 5.23. The fourth-order valence-electron chi connectivity index (χ4n) is 3.52. The molecule has 5 nitrogen and oxygen atoms in total. The van der Waals surface area contributed by atoms with Gasteiger partial charge in [0.2, 0.25) is 0 Å². The van der Waals surface area contributed by atoms with Gasteiger partial charge in [-0.3, -0.25) is 10.1 Å². The van der Waals surface area contributed by atoms with E-state index in [1.165, 1.54) is 0 Å². The summed E-state index contributed by atoms with van der Waals surface area (Å²) >= 11 is 0. The Balaban J connectivity index is 1.76. The molecule has 0 atom stereocenters. The molecule has 3 N–H and O–H groups in total. The molecule has 2 amide bonds. The summed E-state index contributed by atoms with van der Waals surface area (Å²) in [5.41, 5.74) is 4.61. The van der Waals surface area contributed by atoms with Crippen molar-refractivity contribution in [3.8, 4) is 11.1 Å². The van der Waals surface area contributed by atoms with Crippen molar-refractivity contribution < 1.29 is 4.79 Å². The lowest BCUT2D eigenvalue weighted by atomic mass is 9.96. The van der Waals surface area contributed by atoms with Crippen molar-refractivity contribution in [2.45, 2.75) is 20.4 Å². The molecule has 5 heteroatoms. The third-order valence-corrected chi connectivity index (χ3v) is 5.23. The smallest absolute Gasteiger partial charge is 0.320 e. The number of hydrogen-bond donors (Lipinski definition) is 3. The van der Waals surface area contributed by atoms with Crippen LogP contribution in [0.15, 0.2) is 77.6 Å². The summed E-state index contributed by atoms with van der Waals surface area (Å²) < 4.78 is 0. The molecule has 30 heavy (non-hydrogen) atoms. The molecule has 1 heterocycles. The van der Waals surface area contributed by atoms with Crippen LogP contribution in [0.2, 0.25) is 0 Å². The molecule has 0 spiro atoms. The number of aryl methyl sites for hydroxylation is 2. The maximum atomic E-state index is 12.8. The van der Waals surface area contributed by atoms with Crippen LogP contribution in [0, 0.1) is 13.8 Å². The van der Waals surface area contributed by atoms with Crippen LogP contribution < -0.4 is 16.2 Å². The van der Waals surface area contributed by atoms with Gasteiger partial charge >= 0.3 is 6.03 Å². The molecule has 0 radical (unpaired) electrons. The molecule has 3 aromatic carbocycles. The molecule has 0 saturated heterocycles. The highest BCUT2D eigenvalue weighted by molar-refractivity contribution is 6.05. The van der Waals surface area contributed by atoms with Gasteiger partial charge < -0.3 is 10.3 Å². The van der Waals surface area contributed by atoms with Crippen molar-refractivity contribution in [3.63, 3.8) is 0 Å². The Morgan fingerprint density at radius 3 is 2.13 bits per heavy atom. The minimum atomic E-state index is -0.380. The predicted molar refractivity (Wildman–Crippen MR) is 122 cm³/mol. The van der Waals surface area contributed by atoms with Gasteiger partial charge in [0.1, 0.15) is 5.82 Å². The van der Waals surface area contributed by atoms with Crippen LogP contribution in [0.5, 0.6) is 0 Å². The minimum Gasteiger partial charge on any atom is -0.334 e. The Morgan fingerprint density at radius 1 is 0.867 bits per heavy atom. The summed E-state index contributed by atoms with van der Waals surface area (Å²) in [7, 11) is 0. The van der Waals surface area contributed by atoms with E-state index in [2.05, 4.69) is 15.6 Å². The lowest BCUT2D eigenvalue weighted by molar-refractivity contribution is 0.251. The topological polar surface area (TPSA) is 74.0 Å². The van der Waals surface area contributed by atoms with Gasteiger partial charge in [-0.2, -0.15) is 0 Å². The lowest BCUT2D eigenvalue weighted by Crippen LogP contribution is -2.29. The van der Waals surface area contributed by atoms with Gasteiger partial charge in [0.05, 0.1) is 0 Å². The number of H-pyrrole nitrogens is 1. The standard InChI is InChI=1S/C25H23N3O2/c1-16-13-20-21(14-17(16)2)24(29)27-23(22(20)19-11-7-4-8-12-19)28-25(30)26-15-18-9-5-3-6-10-18/h3-14H,15H2,1-2H3,(H3,26,27,28,29,30). The van der Waals surface area contributed by atoms with E-state index < -0.39 is 0 Å². The summed E-state index contributed by atoms with van der Waals surface area (Å²) in [5.74, 6) is 0.382. The molecule has 0 fully saturated rings. The summed E-state index contributed by atoms with van der Waals surface area (Å²) in [6.07, 6.45) is 0. The molecular formula is C25H23N3O2. The number of rotatable bonds is 4. The average molecular weight is 397 g/mol. The Kier molecular flexibility index (Phi) is 5.35. The Labute approximate surface area is 174 Å². The van der Waals surface area contributed by atoms with E-state index in [9.17, 15) is 9.59 Å². The van der Waals surface area contributed by atoms with Crippen molar-refractivity contribution in [2.75, 3.05) is 5.32 Å². The van der Waals surface area contributed by atoms with Crippen molar-refractivity contribution in [3.05, 3.63) is 99.8 Å². The van der Waals surface area contributed by atoms with Gasteiger partial charge in [0, 0.05) is 17.5 Å². The number of amides is 2. The van der Waals surface area contributed by atoms with Crippen molar-refractivity contribution in [1.82, 2.24) is 10.3 Å². The monoisotopic (exact) mass is 397 g/mol. The summed E-state index contributed by atoms with van der Waals surface area (Å²) in [5, 5.41) is 7.10. The van der Waals surface area contributed by atoms with Gasteiger partial charge in [0.25, 0.3) is 5.56 Å². The maximum Gasteiger partial charge on any atom is 0.320 e. The molecule has 150 valence electrons. The van der Waals surface area contributed by atoms with E-state index in [1.54, 1.807) is 0 Å². The minimum absolute atomic E-state index is 0.230. The van der Waals surface area contributed by atoms with Crippen molar-refractivity contribution in [1.29, 1.82) is 0 Å². The Hall–Kier alpha value is -3.86. The van der Waals surface area contributed by atoms with Crippen molar-refractivity contribution in [2.24, 2.45) is 0 Å². The largest absolute Gasteiger partial charge is 0.334 e. The first kappa shape index (κ1) is 19.5. The highest BCUT2D eigenvalue weighted by atomic mass is 16.2. The number of pyridine rings is 1. The van der Waals surface area contributed by atoms with E-state index in [1.807, 2.05) is 86.6 Å². The van der Waals surface area contributed by atoms with E-state index >= 15 is 0 Å². The van der Waals surface area contributed by atoms with E-state index in [0.29, 0.717) is 17.7 Å². The van der Waals surface area contributed by atoms with Crippen molar-refractivity contribution >= 4 is 22.6 Å². The second-order valence-corrected chi connectivity index (χ2v) is 7.35. The zero-order valence-electron chi connectivity index (χ0n) is 17.0. The number of anilines is 1. The quantitative estimate of drug-likeness (QED) is 0.446. The molecule has 0 aliphatic heterocycles. The van der Waals surface area contributed by atoms with Gasteiger partial charge in [0.15, 0.2) is 0 Å². The zero-order valence-corrected chi connectivity index (χ0v) is 17.0. The highest BCUT2D eigenvalue weighted by Crippen LogP contribution is 2.33. The first-order valence-corrected chi connectivity index (χ1v) is 9.84. The molecule has 1 aromatic heterocycles. The SMILES string of the molecule is Cc1cc2c(-c3ccccc3)c(NC(=O)NCc3ccccc3)[nH]c(=O)c2cc1C. The molecular weight excluding hydrogens is 374 g/mol.